The maximum atomic E-state index is 11.5. The van der Waals surface area contributed by atoms with Crippen molar-refractivity contribution in [2.45, 2.75) is 32.6 Å². The van der Waals surface area contributed by atoms with E-state index in [0.29, 0.717) is 5.71 Å². The molecule has 1 aliphatic carbocycles. The molecule has 0 unspecified atom stereocenters. The molecule has 2 N–H and O–H groups in total. The van der Waals surface area contributed by atoms with E-state index in [0.717, 1.165) is 18.5 Å². The van der Waals surface area contributed by atoms with Crippen LogP contribution in [0.25, 0.3) is 0 Å². The lowest BCUT2D eigenvalue weighted by atomic mass is 10.1. The fourth-order valence-electron chi connectivity index (χ4n) is 2.10. The Labute approximate surface area is 95.4 Å². The van der Waals surface area contributed by atoms with Crippen molar-refractivity contribution in [3.8, 4) is 0 Å². The average Bonchev–Trinajstić information content (AvgIpc) is 2.63. The fraction of sp³-hybridized carbons (Fsp3) is 0.385. The van der Waals surface area contributed by atoms with E-state index in [1.54, 1.807) is 6.92 Å². The van der Waals surface area contributed by atoms with E-state index in [9.17, 15) is 4.79 Å². The van der Waals surface area contributed by atoms with Gasteiger partial charge in [0.05, 0.1) is 6.42 Å². The Morgan fingerprint density at radius 1 is 1.38 bits per heavy atom. The summed E-state index contributed by atoms with van der Waals surface area (Å²) >= 11 is 0. The highest BCUT2D eigenvalue weighted by Gasteiger charge is 2.11. The van der Waals surface area contributed by atoms with Gasteiger partial charge in [0.15, 0.2) is 0 Å². The molecule has 0 fully saturated rings. The number of carbonyl (C=O) groups excluding carboxylic acids is 1. The second-order valence-electron chi connectivity index (χ2n) is 4.34. The molecule has 1 aromatic carbocycles. The summed E-state index contributed by atoms with van der Waals surface area (Å²) in [6, 6.07) is 6.09. The molecule has 1 aromatic rings. The predicted octanol–water partition coefficient (Wildman–Crippen LogP) is 2.54. The first-order valence-electron chi connectivity index (χ1n) is 5.61. The Bertz CT molecular complexity index is 438. The van der Waals surface area contributed by atoms with Crippen LogP contribution in [0.3, 0.4) is 0 Å². The third-order valence-electron chi connectivity index (χ3n) is 2.81. The van der Waals surface area contributed by atoms with Gasteiger partial charge >= 0.3 is 0 Å². The van der Waals surface area contributed by atoms with Crippen molar-refractivity contribution in [3.05, 3.63) is 29.3 Å². The Morgan fingerprint density at radius 3 is 2.88 bits per heavy atom. The van der Waals surface area contributed by atoms with Crippen LogP contribution in [0.4, 0.5) is 5.69 Å². The van der Waals surface area contributed by atoms with Gasteiger partial charge in [0.25, 0.3) is 0 Å². The van der Waals surface area contributed by atoms with Gasteiger partial charge in [-0.05, 0) is 49.4 Å². The monoisotopic (exact) mass is 216 g/mol. The molecule has 0 saturated heterocycles. The van der Waals surface area contributed by atoms with Crippen molar-refractivity contribution in [2.75, 3.05) is 5.32 Å². The fourth-order valence-corrected chi connectivity index (χ4v) is 2.10. The van der Waals surface area contributed by atoms with Crippen molar-refractivity contribution in [2.24, 2.45) is 0 Å². The molecule has 0 saturated carbocycles. The van der Waals surface area contributed by atoms with Crippen LogP contribution in [0.15, 0.2) is 18.2 Å². The van der Waals surface area contributed by atoms with Crippen LogP contribution < -0.4 is 5.32 Å². The zero-order valence-electron chi connectivity index (χ0n) is 9.47. The number of hydrogen-bond donors (Lipinski definition) is 2. The van der Waals surface area contributed by atoms with E-state index in [-0.39, 0.29) is 12.3 Å². The first-order valence-corrected chi connectivity index (χ1v) is 5.61. The highest BCUT2D eigenvalue weighted by atomic mass is 16.1. The number of benzene rings is 1. The second-order valence-corrected chi connectivity index (χ2v) is 4.34. The Hall–Kier alpha value is -1.64. The van der Waals surface area contributed by atoms with Crippen LogP contribution in [0.1, 0.15) is 30.9 Å². The molecule has 84 valence electrons. The lowest BCUT2D eigenvalue weighted by Crippen LogP contribution is -2.14. The maximum Gasteiger partial charge on any atom is 0.230 e. The normalized spacial score (nSPS) is 13.3. The van der Waals surface area contributed by atoms with E-state index >= 15 is 0 Å². The summed E-state index contributed by atoms with van der Waals surface area (Å²) in [4.78, 5) is 11.5. The molecule has 0 bridgehead atoms. The molecule has 3 nitrogen and oxygen atoms in total. The van der Waals surface area contributed by atoms with Gasteiger partial charge in [-0.3, -0.25) is 4.79 Å². The highest BCUT2D eigenvalue weighted by Crippen LogP contribution is 2.24. The maximum absolute atomic E-state index is 11.5. The summed E-state index contributed by atoms with van der Waals surface area (Å²) in [7, 11) is 0. The van der Waals surface area contributed by atoms with E-state index in [2.05, 4.69) is 17.4 Å². The third-order valence-corrected chi connectivity index (χ3v) is 2.81. The van der Waals surface area contributed by atoms with Gasteiger partial charge in [-0.25, -0.2) is 0 Å². The van der Waals surface area contributed by atoms with E-state index in [1.165, 1.54) is 17.5 Å². The number of aryl methyl sites for hydroxylation is 2. The number of fused-ring (bicyclic) bond motifs is 1. The standard InChI is InChI=1S/C13H16N2O/c1-9(14)7-13(16)15-12-6-5-10-3-2-4-11(10)8-12/h5-6,8,14H,2-4,7H2,1H3,(H,15,16). The lowest BCUT2D eigenvalue weighted by Gasteiger charge is -2.06. The molecular weight excluding hydrogens is 200 g/mol. The topological polar surface area (TPSA) is 53.0 Å². The van der Waals surface area contributed by atoms with Crippen molar-refractivity contribution in [1.29, 1.82) is 5.41 Å². The van der Waals surface area contributed by atoms with E-state index in [4.69, 9.17) is 5.41 Å². The summed E-state index contributed by atoms with van der Waals surface area (Å²) in [5.74, 6) is -0.106. The van der Waals surface area contributed by atoms with E-state index in [1.807, 2.05) is 6.07 Å². The minimum atomic E-state index is -0.106. The van der Waals surface area contributed by atoms with Crippen LogP contribution in [0, 0.1) is 5.41 Å². The van der Waals surface area contributed by atoms with Crippen LogP contribution in [0.5, 0.6) is 0 Å². The number of anilines is 1. The second kappa shape index (κ2) is 4.47. The quantitative estimate of drug-likeness (QED) is 0.749. The summed E-state index contributed by atoms with van der Waals surface area (Å²) in [6.07, 6.45) is 3.66. The van der Waals surface area contributed by atoms with Gasteiger partial charge in [0, 0.05) is 11.4 Å². The minimum Gasteiger partial charge on any atom is -0.326 e. The van der Waals surface area contributed by atoms with Crippen molar-refractivity contribution in [1.82, 2.24) is 0 Å². The van der Waals surface area contributed by atoms with Crippen molar-refractivity contribution >= 4 is 17.3 Å². The van der Waals surface area contributed by atoms with Crippen LogP contribution in [-0.2, 0) is 17.6 Å². The smallest absolute Gasteiger partial charge is 0.230 e. The Balaban J connectivity index is 2.05. The average molecular weight is 216 g/mol. The molecule has 0 aromatic heterocycles. The largest absolute Gasteiger partial charge is 0.326 e. The zero-order chi connectivity index (χ0) is 11.5. The lowest BCUT2D eigenvalue weighted by molar-refractivity contribution is -0.115. The predicted molar refractivity (Wildman–Crippen MR) is 65.1 cm³/mol. The number of rotatable bonds is 3. The van der Waals surface area contributed by atoms with Gasteiger partial charge in [0.2, 0.25) is 5.91 Å². The van der Waals surface area contributed by atoms with Crippen molar-refractivity contribution < 1.29 is 4.79 Å². The third kappa shape index (κ3) is 2.48. The first-order chi connectivity index (χ1) is 7.65. The summed E-state index contributed by atoms with van der Waals surface area (Å²) in [6.45, 7) is 1.64. The summed E-state index contributed by atoms with van der Waals surface area (Å²) in [5, 5.41) is 10.1. The summed E-state index contributed by atoms with van der Waals surface area (Å²) in [5.41, 5.74) is 4.00. The molecule has 16 heavy (non-hydrogen) atoms. The minimum absolute atomic E-state index is 0.106. The Kier molecular flexibility index (Phi) is 3.04. The molecule has 0 atom stereocenters. The van der Waals surface area contributed by atoms with Crippen LogP contribution >= 0.6 is 0 Å². The first kappa shape index (κ1) is 10.9. The number of carbonyl (C=O) groups is 1. The molecule has 2 rings (SSSR count). The van der Waals surface area contributed by atoms with Gasteiger partial charge in [0.1, 0.15) is 0 Å². The number of nitrogens with one attached hydrogen (secondary N) is 2. The number of hydrogen-bond acceptors (Lipinski definition) is 2. The summed E-state index contributed by atoms with van der Waals surface area (Å²) < 4.78 is 0. The van der Waals surface area contributed by atoms with Gasteiger partial charge in [-0.15, -0.1) is 0 Å². The zero-order valence-corrected chi connectivity index (χ0v) is 9.47. The SMILES string of the molecule is CC(=N)CC(=O)Nc1ccc2c(c1)CCC2. The Morgan fingerprint density at radius 2 is 2.12 bits per heavy atom. The molecule has 0 radical (unpaired) electrons. The van der Waals surface area contributed by atoms with Gasteiger partial charge < -0.3 is 10.7 Å². The molecule has 1 aliphatic rings. The molecular formula is C13H16N2O. The molecule has 1 amide bonds. The van der Waals surface area contributed by atoms with E-state index < -0.39 is 0 Å². The highest BCUT2D eigenvalue weighted by molar-refractivity contribution is 6.04. The van der Waals surface area contributed by atoms with Gasteiger partial charge in [-0.1, -0.05) is 6.07 Å². The molecule has 0 heterocycles. The van der Waals surface area contributed by atoms with Crippen molar-refractivity contribution in [3.63, 3.8) is 0 Å². The molecule has 0 aliphatic heterocycles. The van der Waals surface area contributed by atoms with Crippen LogP contribution in [-0.4, -0.2) is 11.6 Å². The molecule has 3 heteroatoms. The molecule has 0 spiro atoms. The van der Waals surface area contributed by atoms with Gasteiger partial charge in [-0.2, -0.15) is 0 Å². The number of amides is 1. The van der Waals surface area contributed by atoms with Crippen LogP contribution in [0.2, 0.25) is 0 Å².